The van der Waals surface area contributed by atoms with E-state index < -0.39 is 0 Å². The van der Waals surface area contributed by atoms with Crippen LogP contribution in [0.15, 0.2) is 48.5 Å². The molecule has 2 nitrogen and oxygen atoms in total. The van der Waals surface area contributed by atoms with E-state index in [4.69, 9.17) is 11.1 Å². The normalized spacial score (nSPS) is 9.87. The average Bonchev–Trinajstić information content (AvgIpc) is 2.30. The molecule has 0 atom stereocenters. The Labute approximate surface area is 88.9 Å². The number of rotatable bonds is 2. The lowest BCUT2D eigenvalue weighted by Crippen LogP contribution is -2.10. The number of benzene rings is 2. The zero-order valence-electron chi connectivity index (χ0n) is 8.20. The lowest BCUT2D eigenvalue weighted by Gasteiger charge is -2.02. The Morgan fingerprint density at radius 2 is 1.80 bits per heavy atom. The lowest BCUT2D eigenvalue weighted by atomic mass is 10.0. The molecule has 0 spiro atoms. The van der Waals surface area contributed by atoms with Gasteiger partial charge in [-0.1, -0.05) is 42.5 Å². The van der Waals surface area contributed by atoms with Gasteiger partial charge >= 0.3 is 0 Å². The Bertz CT molecular complexity index is 458. The maximum Gasteiger partial charge on any atom is 0.122 e. The first-order valence-corrected chi connectivity index (χ1v) is 4.68. The van der Waals surface area contributed by atoms with Gasteiger partial charge in [-0.25, -0.2) is 0 Å². The summed E-state index contributed by atoms with van der Waals surface area (Å²) >= 11 is 0. The molecular formula is C13H11N2. The van der Waals surface area contributed by atoms with Crippen LogP contribution in [0.5, 0.6) is 0 Å². The standard InChI is InChI=1S/C13H11N2/c14-13(15)12-8-6-11(7-9-12)10-4-2-1-3-5-10/h1-2,4-9H,(H3,14,15). The Kier molecular flexibility index (Phi) is 2.50. The zero-order chi connectivity index (χ0) is 10.7. The molecule has 2 heteroatoms. The van der Waals surface area contributed by atoms with Gasteiger partial charge in [-0.2, -0.15) is 0 Å². The van der Waals surface area contributed by atoms with Crippen LogP contribution in [0.3, 0.4) is 0 Å². The van der Waals surface area contributed by atoms with Gasteiger partial charge in [0.1, 0.15) is 5.84 Å². The lowest BCUT2D eigenvalue weighted by molar-refractivity contribution is 1.42. The summed E-state index contributed by atoms with van der Waals surface area (Å²) in [5.41, 5.74) is 8.35. The van der Waals surface area contributed by atoms with E-state index in [2.05, 4.69) is 6.07 Å². The Balaban J connectivity index is 2.36. The van der Waals surface area contributed by atoms with Crippen molar-refractivity contribution in [2.75, 3.05) is 0 Å². The zero-order valence-corrected chi connectivity index (χ0v) is 8.20. The number of amidine groups is 1. The fourth-order valence-corrected chi connectivity index (χ4v) is 1.42. The first kappa shape index (κ1) is 9.46. The van der Waals surface area contributed by atoms with Gasteiger partial charge in [-0.05, 0) is 23.3 Å². The summed E-state index contributed by atoms with van der Waals surface area (Å²) in [7, 11) is 0. The average molecular weight is 195 g/mol. The highest BCUT2D eigenvalue weighted by molar-refractivity contribution is 5.95. The Hall–Kier alpha value is -2.09. The first-order chi connectivity index (χ1) is 7.27. The summed E-state index contributed by atoms with van der Waals surface area (Å²) in [5, 5.41) is 7.28. The number of hydrogen-bond acceptors (Lipinski definition) is 1. The SMILES string of the molecule is N=C(N)c1ccc(-c2c[c]ccc2)cc1. The second-order valence-corrected chi connectivity index (χ2v) is 3.28. The van der Waals surface area contributed by atoms with E-state index in [1.165, 1.54) is 0 Å². The van der Waals surface area contributed by atoms with E-state index in [0.29, 0.717) is 0 Å². The molecule has 2 aromatic carbocycles. The van der Waals surface area contributed by atoms with E-state index >= 15 is 0 Å². The van der Waals surface area contributed by atoms with Crippen LogP contribution in [-0.2, 0) is 0 Å². The highest BCUT2D eigenvalue weighted by Gasteiger charge is 1.98. The van der Waals surface area contributed by atoms with Crippen LogP contribution in [0, 0.1) is 11.5 Å². The summed E-state index contributed by atoms with van der Waals surface area (Å²) in [6.07, 6.45) is 0. The highest BCUT2D eigenvalue weighted by Crippen LogP contribution is 2.18. The minimum absolute atomic E-state index is 0.0983. The fraction of sp³-hybridized carbons (Fsp3) is 0. The molecule has 0 aliphatic heterocycles. The summed E-state index contributed by atoms with van der Waals surface area (Å²) in [5.74, 6) is 0.0983. The predicted molar refractivity (Wildman–Crippen MR) is 61.7 cm³/mol. The minimum atomic E-state index is 0.0983. The van der Waals surface area contributed by atoms with Crippen molar-refractivity contribution in [3.8, 4) is 11.1 Å². The molecule has 0 unspecified atom stereocenters. The molecule has 1 radical (unpaired) electrons. The van der Waals surface area contributed by atoms with Crippen molar-refractivity contribution in [3.63, 3.8) is 0 Å². The van der Waals surface area contributed by atoms with Crippen LogP contribution in [0.4, 0.5) is 0 Å². The van der Waals surface area contributed by atoms with Crippen LogP contribution in [0.1, 0.15) is 5.56 Å². The van der Waals surface area contributed by atoms with Crippen molar-refractivity contribution in [2.24, 2.45) is 5.73 Å². The molecule has 0 aromatic heterocycles. The molecule has 0 heterocycles. The monoisotopic (exact) mass is 195 g/mol. The van der Waals surface area contributed by atoms with E-state index in [1.807, 2.05) is 48.5 Å². The van der Waals surface area contributed by atoms with Crippen LogP contribution < -0.4 is 5.73 Å². The van der Waals surface area contributed by atoms with Crippen LogP contribution in [0.2, 0.25) is 0 Å². The number of nitrogen functional groups attached to an aromatic ring is 1. The first-order valence-electron chi connectivity index (χ1n) is 4.68. The minimum Gasteiger partial charge on any atom is -0.384 e. The van der Waals surface area contributed by atoms with Crippen molar-refractivity contribution in [2.45, 2.75) is 0 Å². The van der Waals surface area contributed by atoms with Crippen molar-refractivity contribution >= 4 is 5.84 Å². The molecule has 0 fully saturated rings. The van der Waals surface area contributed by atoms with E-state index in [9.17, 15) is 0 Å². The summed E-state index contributed by atoms with van der Waals surface area (Å²) in [4.78, 5) is 0. The predicted octanol–water partition coefficient (Wildman–Crippen LogP) is 2.44. The summed E-state index contributed by atoms with van der Waals surface area (Å²) in [6, 6.07) is 18.4. The Morgan fingerprint density at radius 3 is 2.33 bits per heavy atom. The molecule has 0 aliphatic rings. The highest BCUT2D eigenvalue weighted by atomic mass is 14.7. The van der Waals surface area contributed by atoms with E-state index in [-0.39, 0.29) is 5.84 Å². The third-order valence-corrected chi connectivity index (χ3v) is 2.24. The molecular weight excluding hydrogens is 184 g/mol. The van der Waals surface area contributed by atoms with Crippen LogP contribution in [0.25, 0.3) is 11.1 Å². The van der Waals surface area contributed by atoms with Crippen LogP contribution >= 0.6 is 0 Å². The van der Waals surface area contributed by atoms with Gasteiger partial charge in [0, 0.05) is 5.56 Å². The van der Waals surface area contributed by atoms with Crippen molar-refractivity contribution < 1.29 is 0 Å². The van der Waals surface area contributed by atoms with Gasteiger partial charge in [-0.3, -0.25) is 5.41 Å². The van der Waals surface area contributed by atoms with Gasteiger partial charge in [0.15, 0.2) is 0 Å². The third kappa shape index (κ3) is 2.05. The molecule has 73 valence electrons. The quantitative estimate of drug-likeness (QED) is 0.561. The van der Waals surface area contributed by atoms with Gasteiger partial charge in [0.25, 0.3) is 0 Å². The van der Waals surface area contributed by atoms with Crippen molar-refractivity contribution in [1.82, 2.24) is 0 Å². The number of nitrogens with one attached hydrogen (secondary N) is 1. The van der Waals surface area contributed by atoms with Crippen molar-refractivity contribution in [3.05, 3.63) is 60.2 Å². The molecule has 0 saturated heterocycles. The van der Waals surface area contributed by atoms with Gasteiger partial charge in [0.2, 0.25) is 0 Å². The fourth-order valence-electron chi connectivity index (χ4n) is 1.42. The second-order valence-electron chi connectivity index (χ2n) is 3.28. The Morgan fingerprint density at radius 1 is 1.07 bits per heavy atom. The largest absolute Gasteiger partial charge is 0.384 e. The molecule has 15 heavy (non-hydrogen) atoms. The molecule has 3 N–H and O–H groups in total. The molecule has 2 rings (SSSR count). The van der Waals surface area contributed by atoms with Crippen molar-refractivity contribution in [1.29, 1.82) is 5.41 Å². The molecule has 0 aliphatic carbocycles. The second kappa shape index (κ2) is 3.96. The van der Waals surface area contributed by atoms with Gasteiger partial charge < -0.3 is 5.73 Å². The van der Waals surface area contributed by atoms with E-state index in [1.54, 1.807) is 0 Å². The third-order valence-electron chi connectivity index (χ3n) is 2.24. The van der Waals surface area contributed by atoms with Gasteiger partial charge in [0.05, 0.1) is 0 Å². The molecule has 0 bridgehead atoms. The maximum absolute atomic E-state index is 7.28. The maximum atomic E-state index is 7.28. The van der Waals surface area contributed by atoms with E-state index in [0.717, 1.165) is 16.7 Å². The topological polar surface area (TPSA) is 49.9 Å². The van der Waals surface area contributed by atoms with Crippen LogP contribution in [-0.4, -0.2) is 5.84 Å². The summed E-state index contributed by atoms with van der Waals surface area (Å²) in [6.45, 7) is 0. The molecule has 0 amide bonds. The molecule has 0 saturated carbocycles. The van der Waals surface area contributed by atoms with Gasteiger partial charge in [-0.15, -0.1) is 0 Å². The number of nitrogens with two attached hydrogens (primary N) is 1. The smallest absolute Gasteiger partial charge is 0.122 e. The molecule has 2 aromatic rings. The number of hydrogen-bond donors (Lipinski definition) is 2. The summed E-state index contributed by atoms with van der Waals surface area (Å²) < 4.78 is 0.